The summed E-state index contributed by atoms with van der Waals surface area (Å²) in [5, 5.41) is 0.931. The Morgan fingerprint density at radius 1 is 1.00 bits per heavy atom. The van der Waals surface area contributed by atoms with Gasteiger partial charge >= 0.3 is 0 Å². The minimum Gasteiger partial charge on any atom is -0.279 e. The smallest absolute Gasteiger partial charge is 0.262 e. The molecule has 0 unspecified atom stereocenters. The van der Waals surface area contributed by atoms with E-state index in [1.807, 2.05) is 26.0 Å². The van der Waals surface area contributed by atoms with Crippen molar-refractivity contribution in [2.75, 3.05) is 9.62 Å². The first-order valence-corrected chi connectivity index (χ1v) is 14.3. The van der Waals surface area contributed by atoms with Gasteiger partial charge in [-0.3, -0.25) is 19.4 Å². The van der Waals surface area contributed by atoms with Gasteiger partial charge in [-0.05, 0) is 85.1 Å². The molecule has 0 spiro atoms. The van der Waals surface area contributed by atoms with Crippen LogP contribution in [-0.2, 0) is 16.6 Å². The first-order valence-electron chi connectivity index (χ1n) is 11.7. The maximum Gasteiger partial charge on any atom is 0.262 e. The zero-order valence-electron chi connectivity index (χ0n) is 20.6. The third kappa shape index (κ3) is 5.40. The summed E-state index contributed by atoms with van der Waals surface area (Å²) in [4.78, 5) is 24.6. The lowest BCUT2D eigenvalue weighted by Crippen LogP contribution is -2.31. The largest absolute Gasteiger partial charge is 0.279 e. The van der Waals surface area contributed by atoms with Gasteiger partial charge in [0.2, 0.25) is 0 Å². The molecule has 38 heavy (non-hydrogen) atoms. The van der Waals surface area contributed by atoms with E-state index in [2.05, 4.69) is 15.8 Å². The summed E-state index contributed by atoms with van der Waals surface area (Å²) in [6, 6.07) is 20.1. The quantitative estimate of drug-likeness (QED) is 0.241. The summed E-state index contributed by atoms with van der Waals surface area (Å²) < 4.78 is 29.7. The number of carbonyl (C=O) groups excluding carboxylic acids is 1. The predicted molar refractivity (Wildman–Crippen MR) is 153 cm³/mol. The lowest BCUT2D eigenvalue weighted by molar-refractivity contribution is 0.0986. The summed E-state index contributed by atoms with van der Waals surface area (Å²) in [6.07, 6.45) is 3.36. The molecule has 7 nitrogen and oxygen atoms in total. The summed E-state index contributed by atoms with van der Waals surface area (Å²) in [5.74, 6) is -0.393. The molecule has 0 saturated carbocycles. The Morgan fingerprint density at radius 3 is 2.47 bits per heavy atom. The first kappa shape index (κ1) is 25.8. The molecule has 0 saturated heterocycles. The van der Waals surface area contributed by atoms with Crippen molar-refractivity contribution in [3.8, 4) is 0 Å². The number of aromatic nitrogens is 2. The minimum atomic E-state index is -3.97. The molecule has 0 fully saturated rings. The number of thiazole rings is 1. The van der Waals surface area contributed by atoms with Crippen LogP contribution < -0.4 is 9.62 Å². The monoisotopic (exact) mass is 562 g/mol. The van der Waals surface area contributed by atoms with E-state index in [9.17, 15) is 13.2 Å². The number of carbonyl (C=O) groups is 1. The van der Waals surface area contributed by atoms with E-state index < -0.39 is 15.9 Å². The average molecular weight is 563 g/mol. The molecule has 5 aromatic rings. The van der Waals surface area contributed by atoms with E-state index in [4.69, 9.17) is 16.6 Å². The van der Waals surface area contributed by atoms with Crippen molar-refractivity contribution in [1.29, 1.82) is 0 Å². The van der Waals surface area contributed by atoms with Crippen molar-refractivity contribution < 1.29 is 13.2 Å². The van der Waals surface area contributed by atoms with Gasteiger partial charge < -0.3 is 0 Å². The van der Waals surface area contributed by atoms with Gasteiger partial charge in [0.15, 0.2) is 5.13 Å². The Kier molecular flexibility index (Phi) is 7.16. The van der Waals surface area contributed by atoms with Crippen molar-refractivity contribution in [2.24, 2.45) is 0 Å². The van der Waals surface area contributed by atoms with Gasteiger partial charge in [-0.25, -0.2) is 13.4 Å². The number of nitrogens with one attached hydrogen (secondary N) is 1. The molecule has 2 heterocycles. The van der Waals surface area contributed by atoms with Crippen LogP contribution in [0.4, 0.5) is 10.8 Å². The molecule has 5 rings (SSSR count). The van der Waals surface area contributed by atoms with E-state index in [0.717, 1.165) is 26.9 Å². The second-order valence-electron chi connectivity index (χ2n) is 8.76. The van der Waals surface area contributed by atoms with Crippen molar-refractivity contribution in [2.45, 2.75) is 25.3 Å². The number of aryl methyl sites for hydroxylation is 2. The molecule has 1 amide bonds. The van der Waals surface area contributed by atoms with Crippen LogP contribution in [0.2, 0.25) is 5.02 Å². The summed E-state index contributed by atoms with van der Waals surface area (Å²) in [7, 11) is -3.97. The Balaban J connectivity index is 1.56. The summed E-state index contributed by atoms with van der Waals surface area (Å²) in [6.45, 7) is 4.27. The van der Waals surface area contributed by atoms with Crippen LogP contribution in [-0.4, -0.2) is 24.3 Å². The van der Waals surface area contributed by atoms with E-state index in [1.165, 1.54) is 35.6 Å². The molecule has 0 atom stereocenters. The molecule has 0 bridgehead atoms. The van der Waals surface area contributed by atoms with Crippen molar-refractivity contribution in [1.82, 2.24) is 9.97 Å². The third-order valence-electron chi connectivity index (χ3n) is 6.06. The number of hydrogen-bond acceptors (Lipinski definition) is 6. The zero-order chi connectivity index (χ0) is 26.9. The SMILES string of the molecule is Cc1cc2nc(N(Cc3cccnc3)C(=O)c3ccccc3NS(=O)(=O)c3ccc(Cl)cc3)sc2cc1C. The number of hydrogen-bond donors (Lipinski definition) is 1. The molecule has 0 aliphatic carbocycles. The van der Waals surface area contributed by atoms with Gasteiger partial charge in [0, 0.05) is 17.4 Å². The van der Waals surface area contributed by atoms with Crippen LogP contribution in [0.25, 0.3) is 10.2 Å². The fraction of sp³-hybridized carbons (Fsp3) is 0.107. The van der Waals surface area contributed by atoms with Crippen LogP contribution in [0.15, 0.2) is 90.1 Å². The number of rotatable bonds is 7. The molecule has 0 aliphatic heterocycles. The zero-order valence-corrected chi connectivity index (χ0v) is 22.9. The minimum absolute atomic E-state index is 0.0354. The molecule has 2 aromatic heterocycles. The van der Waals surface area contributed by atoms with Gasteiger partial charge in [0.1, 0.15) is 0 Å². The average Bonchev–Trinajstić information content (AvgIpc) is 3.30. The lowest BCUT2D eigenvalue weighted by Gasteiger charge is -2.22. The highest BCUT2D eigenvalue weighted by Gasteiger charge is 2.26. The van der Waals surface area contributed by atoms with Crippen LogP contribution in [0.3, 0.4) is 0 Å². The van der Waals surface area contributed by atoms with Crippen LogP contribution in [0.1, 0.15) is 27.0 Å². The first-order chi connectivity index (χ1) is 18.2. The normalized spacial score (nSPS) is 11.4. The van der Waals surface area contributed by atoms with Crippen molar-refractivity contribution in [3.63, 3.8) is 0 Å². The number of amides is 1. The van der Waals surface area contributed by atoms with Gasteiger partial charge in [-0.2, -0.15) is 0 Å². The van der Waals surface area contributed by atoms with Gasteiger partial charge in [-0.15, -0.1) is 0 Å². The fourth-order valence-electron chi connectivity index (χ4n) is 3.91. The second-order valence-corrected chi connectivity index (χ2v) is 11.9. The number of nitrogens with zero attached hydrogens (tertiary/aromatic N) is 3. The van der Waals surface area contributed by atoms with Crippen LogP contribution >= 0.6 is 22.9 Å². The van der Waals surface area contributed by atoms with E-state index in [0.29, 0.717) is 10.2 Å². The molecular weight excluding hydrogens is 540 g/mol. The number of anilines is 2. The van der Waals surface area contributed by atoms with Crippen molar-refractivity contribution in [3.05, 3.63) is 112 Å². The Morgan fingerprint density at radius 2 is 1.74 bits per heavy atom. The molecule has 192 valence electrons. The number of benzene rings is 3. The molecule has 0 aliphatic rings. The topological polar surface area (TPSA) is 92.3 Å². The number of halogens is 1. The maximum absolute atomic E-state index is 14.1. The summed E-state index contributed by atoms with van der Waals surface area (Å²) in [5.41, 5.74) is 4.22. The Bertz CT molecular complexity index is 1700. The number of para-hydroxylation sites is 1. The standard InChI is InChI=1S/C28H23ClN4O3S2/c1-18-14-25-26(15-19(18)2)37-28(31-25)33(17-20-6-5-13-30-16-20)27(34)23-7-3-4-8-24(23)32-38(35,36)22-11-9-21(29)10-12-22/h3-16,32H,17H2,1-2H3. The molecule has 0 radical (unpaired) electrons. The predicted octanol–water partition coefficient (Wildman–Crippen LogP) is 6.61. The summed E-state index contributed by atoms with van der Waals surface area (Å²) >= 11 is 7.33. The highest BCUT2D eigenvalue weighted by Crippen LogP contribution is 2.33. The van der Waals surface area contributed by atoms with E-state index in [-0.39, 0.29) is 22.7 Å². The third-order valence-corrected chi connectivity index (χ3v) is 8.73. The van der Waals surface area contributed by atoms with Crippen molar-refractivity contribution >= 4 is 59.9 Å². The lowest BCUT2D eigenvalue weighted by atomic mass is 10.1. The van der Waals surface area contributed by atoms with E-state index in [1.54, 1.807) is 47.6 Å². The number of fused-ring (bicyclic) bond motifs is 1. The Labute approximate surface area is 229 Å². The highest BCUT2D eigenvalue weighted by atomic mass is 35.5. The van der Waals surface area contributed by atoms with Crippen LogP contribution in [0, 0.1) is 13.8 Å². The van der Waals surface area contributed by atoms with Gasteiger partial charge in [-0.1, -0.05) is 41.1 Å². The molecular formula is C28H23ClN4O3S2. The van der Waals surface area contributed by atoms with E-state index >= 15 is 0 Å². The number of pyridine rings is 1. The maximum atomic E-state index is 14.1. The molecule has 10 heteroatoms. The van der Waals surface area contributed by atoms with Gasteiger partial charge in [0.25, 0.3) is 15.9 Å². The molecule has 3 aromatic carbocycles. The highest BCUT2D eigenvalue weighted by molar-refractivity contribution is 7.92. The number of sulfonamides is 1. The fourth-order valence-corrected chi connectivity index (χ4v) is 6.15. The van der Waals surface area contributed by atoms with Crippen LogP contribution in [0.5, 0.6) is 0 Å². The Hall–Kier alpha value is -3.79. The second kappa shape index (κ2) is 10.5. The van der Waals surface area contributed by atoms with Gasteiger partial charge in [0.05, 0.1) is 32.9 Å². The molecule has 1 N–H and O–H groups in total.